The van der Waals surface area contributed by atoms with Gasteiger partial charge in [0, 0.05) is 5.92 Å². The number of benzene rings is 2. The third-order valence-corrected chi connectivity index (χ3v) is 6.01. The van der Waals surface area contributed by atoms with Crippen molar-refractivity contribution in [2.45, 2.75) is 40.0 Å². The summed E-state index contributed by atoms with van der Waals surface area (Å²) >= 11 is 0. The molecular weight excluding hydrogens is 276 g/mol. The van der Waals surface area contributed by atoms with E-state index in [1.807, 2.05) is 0 Å². The molecule has 0 spiro atoms. The second kappa shape index (κ2) is 4.26. The molecule has 0 bridgehead atoms. The highest BCUT2D eigenvalue weighted by Gasteiger charge is 2.26. The van der Waals surface area contributed by atoms with Crippen LogP contribution in [0.1, 0.15) is 54.5 Å². The fraction of sp³-hybridized carbons (Fsp3) is 0.304. The lowest BCUT2D eigenvalue weighted by Gasteiger charge is -2.10. The predicted molar refractivity (Wildman–Crippen MR) is 98.8 cm³/mol. The highest BCUT2D eigenvalue weighted by atomic mass is 14.3. The zero-order chi connectivity index (χ0) is 15.9. The molecule has 0 aliphatic heterocycles. The molecule has 0 saturated carbocycles. The summed E-state index contributed by atoms with van der Waals surface area (Å²) in [5.74, 6) is 1.12. The van der Waals surface area contributed by atoms with Gasteiger partial charge in [0.15, 0.2) is 0 Å². The van der Waals surface area contributed by atoms with Gasteiger partial charge in [-0.2, -0.15) is 0 Å². The summed E-state index contributed by atoms with van der Waals surface area (Å²) in [5, 5.41) is 2.91. The average molecular weight is 298 g/mol. The predicted octanol–water partition coefficient (Wildman–Crippen LogP) is 4.30. The molecule has 0 amide bonds. The largest absolute Gasteiger partial charge is 0.0737 e. The lowest BCUT2D eigenvalue weighted by Crippen LogP contribution is -2.25. The van der Waals surface area contributed by atoms with Crippen molar-refractivity contribution in [1.82, 2.24) is 0 Å². The van der Waals surface area contributed by atoms with Crippen molar-refractivity contribution in [3.63, 3.8) is 0 Å². The maximum absolute atomic E-state index is 2.47. The van der Waals surface area contributed by atoms with E-state index in [1.165, 1.54) is 49.4 Å². The Kier molecular flexibility index (Phi) is 2.48. The summed E-state index contributed by atoms with van der Waals surface area (Å²) in [7, 11) is 0. The minimum absolute atomic E-state index is 0.551. The van der Waals surface area contributed by atoms with Crippen molar-refractivity contribution in [1.29, 1.82) is 0 Å². The Labute approximate surface area is 137 Å². The Morgan fingerprint density at radius 2 is 1.70 bits per heavy atom. The first kappa shape index (κ1) is 13.4. The molecule has 0 heteroatoms. The van der Waals surface area contributed by atoms with E-state index in [4.69, 9.17) is 0 Å². The second-order valence-electron chi connectivity index (χ2n) is 7.63. The number of allylic oxidation sites excluding steroid dienone is 2. The zero-order valence-corrected chi connectivity index (χ0v) is 14.3. The van der Waals surface area contributed by atoms with Crippen molar-refractivity contribution < 1.29 is 0 Å². The second-order valence-corrected chi connectivity index (χ2v) is 7.63. The first-order valence-corrected chi connectivity index (χ1v) is 8.75. The molecule has 3 aliphatic rings. The Bertz CT molecular complexity index is 1030. The van der Waals surface area contributed by atoms with Crippen molar-refractivity contribution in [3.05, 3.63) is 62.5 Å². The third kappa shape index (κ3) is 1.67. The van der Waals surface area contributed by atoms with Crippen LogP contribution >= 0.6 is 0 Å². The number of rotatable bonds is 0. The van der Waals surface area contributed by atoms with E-state index < -0.39 is 0 Å². The molecule has 0 nitrogen and oxygen atoms in total. The third-order valence-electron chi connectivity index (χ3n) is 6.01. The number of fused-ring (bicyclic) bond motifs is 5. The highest BCUT2D eigenvalue weighted by molar-refractivity contribution is 5.84. The van der Waals surface area contributed by atoms with Gasteiger partial charge in [0.1, 0.15) is 0 Å². The molecule has 2 atom stereocenters. The smallest absolute Gasteiger partial charge is 0.000174 e. The van der Waals surface area contributed by atoms with Gasteiger partial charge in [0.05, 0.1) is 0 Å². The summed E-state index contributed by atoms with van der Waals surface area (Å²) in [6.07, 6.45) is 8.32. The Morgan fingerprint density at radius 1 is 0.870 bits per heavy atom. The van der Waals surface area contributed by atoms with Gasteiger partial charge in [0.25, 0.3) is 0 Å². The monoisotopic (exact) mass is 298 g/mol. The van der Waals surface area contributed by atoms with Gasteiger partial charge >= 0.3 is 0 Å². The molecular formula is C23H22. The van der Waals surface area contributed by atoms with Gasteiger partial charge in [0.2, 0.25) is 0 Å². The summed E-state index contributed by atoms with van der Waals surface area (Å²) in [6, 6.07) is 7.37. The minimum Gasteiger partial charge on any atom is -0.0737 e. The van der Waals surface area contributed by atoms with Crippen molar-refractivity contribution in [3.8, 4) is 11.1 Å². The molecule has 0 heterocycles. The van der Waals surface area contributed by atoms with Gasteiger partial charge in [-0.05, 0) is 93.3 Å². The van der Waals surface area contributed by atoms with Gasteiger partial charge in [-0.15, -0.1) is 0 Å². The van der Waals surface area contributed by atoms with Gasteiger partial charge in [-0.3, -0.25) is 0 Å². The van der Waals surface area contributed by atoms with E-state index in [1.54, 1.807) is 5.56 Å². The summed E-state index contributed by atoms with van der Waals surface area (Å²) < 4.78 is 0. The Hall–Kier alpha value is -2.08. The molecule has 2 aromatic rings. The fourth-order valence-corrected chi connectivity index (χ4v) is 4.84. The van der Waals surface area contributed by atoms with Crippen molar-refractivity contribution in [2.24, 2.45) is 5.92 Å². The quantitative estimate of drug-likeness (QED) is 0.580. The molecule has 3 aliphatic carbocycles. The van der Waals surface area contributed by atoms with Crippen molar-refractivity contribution >= 4 is 17.7 Å². The molecule has 0 radical (unpaired) electrons. The van der Waals surface area contributed by atoms with E-state index in [2.05, 4.69) is 64.1 Å². The van der Waals surface area contributed by atoms with E-state index in [9.17, 15) is 0 Å². The van der Waals surface area contributed by atoms with Crippen LogP contribution in [0.2, 0.25) is 0 Å². The zero-order valence-electron chi connectivity index (χ0n) is 14.3. The molecule has 0 N–H and O–H groups in total. The van der Waals surface area contributed by atoms with Crippen LogP contribution in [0.25, 0.3) is 28.9 Å². The van der Waals surface area contributed by atoms with Crippen LogP contribution in [0.4, 0.5) is 0 Å². The lowest BCUT2D eigenvalue weighted by molar-refractivity contribution is 0.989. The number of hydrogen-bond donors (Lipinski definition) is 0. The van der Waals surface area contributed by atoms with E-state index in [-0.39, 0.29) is 0 Å². The lowest BCUT2D eigenvalue weighted by atomic mass is 9.94. The van der Waals surface area contributed by atoms with Gasteiger partial charge in [-0.1, -0.05) is 38.1 Å². The number of hydrogen-bond acceptors (Lipinski definition) is 0. The molecule has 23 heavy (non-hydrogen) atoms. The van der Waals surface area contributed by atoms with Gasteiger partial charge in [-0.25, -0.2) is 0 Å². The Balaban J connectivity index is 1.80. The topological polar surface area (TPSA) is 0 Å². The molecule has 2 unspecified atom stereocenters. The molecule has 5 rings (SSSR count). The first-order chi connectivity index (χ1) is 11.0. The van der Waals surface area contributed by atoms with E-state index in [0.717, 1.165) is 6.42 Å². The van der Waals surface area contributed by atoms with Crippen LogP contribution in [-0.4, -0.2) is 0 Å². The molecule has 114 valence electrons. The maximum Gasteiger partial charge on any atom is 0.000174 e. The van der Waals surface area contributed by atoms with E-state index in [0.29, 0.717) is 11.8 Å². The van der Waals surface area contributed by atoms with Crippen LogP contribution in [-0.2, 0) is 6.42 Å². The molecule has 0 saturated heterocycles. The van der Waals surface area contributed by atoms with Crippen LogP contribution in [0, 0.1) is 12.8 Å². The maximum atomic E-state index is 2.47. The average Bonchev–Trinajstić information content (AvgIpc) is 3.14. The summed E-state index contributed by atoms with van der Waals surface area (Å²) in [5.41, 5.74) is 11.9. The van der Waals surface area contributed by atoms with Crippen LogP contribution in [0.15, 0.2) is 24.3 Å². The molecule has 0 fully saturated rings. The van der Waals surface area contributed by atoms with E-state index >= 15 is 0 Å². The van der Waals surface area contributed by atoms with Crippen LogP contribution < -0.4 is 10.4 Å². The van der Waals surface area contributed by atoms with Crippen LogP contribution in [0.3, 0.4) is 0 Å². The summed E-state index contributed by atoms with van der Waals surface area (Å²) in [4.78, 5) is 0. The molecule has 2 aromatic carbocycles. The highest BCUT2D eigenvalue weighted by Crippen LogP contribution is 2.44. The SMILES string of the molecule is CC1=CC(C)c2cc3c(cc21)Cc1c-3cc2c(c1C)=CC(C)C=2. The van der Waals surface area contributed by atoms with Crippen molar-refractivity contribution in [2.75, 3.05) is 0 Å². The van der Waals surface area contributed by atoms with Crippen LogP contribution in [0.5, 0.6) is 0 Å². The Morgan fingerprint density at radius 3 is 2.52 bits per heavy atom. The first-order valence-electron chi connectivity index (χ1n) is 8.75. The standard InChI is InChI=1S/C23H22/c1-12-5-16-10-23-21(15(4)20(16)6-12)9-17-8-18-13(2)7-14(3)19(18)11-22(17)23/h5-8,10-12,14H,9H2,1-4H3. The molecule has 0 aromatic heterocycles. The summed E-state index contributed by atoms with van der Waals surface area (Å²) in [6.45, 7) is 9.16. The van der Waals surface area contributed by atoms with Gasteiger partial charge < -0.3 is 0 Å². The normalized spacial score (nSPS) is 22.7. The minimum atomic E-state index is 0.551. The fourth-order valence-electron chi connectivity index (χ4n) is 4.84.